The van der Waals surface area contributed by atoms with Gasteiger partial charge in [-0.2, -0.15) is 0 Å². The molecule has 2 nitrogen and oxygen atoms in total. The van der Waals surface area contributed by atoms with Gasteiger partial charge in [-0.1, -0.05) is 42.5 Å². The largest absolute Gasteiger partial charge is 0.495 e. The van der Waals surface area contributed by atoms with Crippen molar-refractivity contribution in [2.45, 2.75) is 38.9 Å². The highest BCUT2D eigenvalue weighted by atomic mass is 19.1. The molecule has 0 unspecified atom stereocenters. The Bertz CT molecular complexity index is 994. The maximum Gasteiger partial charge on any atom is 0.495 e. The number of fused-ring (bicyclic) bond motifs is 1. The third-order valence-electron chi connectivity index (χ3n) is 5.70. The molecule has 0 N–H and O–H groups in total. The van der Waals surface area contributed by atoms with Gasteiger partial charge in [0.1, 0.15) is 11.6 Å². The Morgan fingerprint density at radius 2 is 1.26 bits per heavy atom. The molecule has 0 radical (unpaired) electrons. The molecule has 1 fully saturated rings. The zero-order valence-corrected chi connectivity index (χ0v) is 15.8. The van der Waals surface area contributed by atoms with Crippen LogP contribution in [0.25, 0.3) is 21.9 Å². The van der Waals surface area contributed by atoms with Gasteiger partial charge >= 0.3 is 7.12 Å². The molecule has 0 aliphatic carbocycles. The van der Waals surface area contributed by atoms with Crippen molar-refractivity contribution in [3.05, 3.63) is 66.2 Å². The van der Waals surface area contributed by atoms with Gasteiger partial charge in [-0.25, -0.2) is 8.78 Å². The lowest BCUT2D eigenvalue weighted by Gasteiger charge is -2.32. The molecular formula is C22H21BF2O2. The second kappa shape index (κ2) is 6.15. The average molecular weight is 366 g/mol. The number of rotatable bonds is 2. The van der Waals surface area contributed by atoms with E-state index in [0.29, 0.717) is 5.56 Å². The molecule has 0 bridgehead atoms. The topological polar surface area (TPSA) is 18.5 Å². The Balaban J connectivity index is 1.90. The van der Waals surface area contributed by atoms with Gasteiger partial charge in [-0.05, 0) is 61.6 Å². The lowest BCUT2D eigenvalue weighted by Crippen LogP contribution is -2.41. The highest BCUT2D eigenvalue weighted by molar-refractivity contribution is 6.65. The molecular weight excluding hydrogens is 345 g/mol. The highest BCUT2D eigenvalue weighted by Crippen LogP contribution is 2.38. The normalized spacial score (nSPS) is 18.2. The van der Waals surface area contributed by atoms with E-state index in [0.717, 1.165) is 16.2 Å². The molecule has 27 heavy (non-hydrogen) atoms. The van der Waals surface area contributed by atoms with Crippen molar-refractivity contribution in [1.82, 2.24) is 0 Å². The van der Waals surface area contributed by atoms with Crippen LogP contribution in [0.3, 0.4) is 0 Å². The van der Waals surface area contributed by atoms with E-state index < -0.39 is 30.0 Å². The lowest BCUT2D eigenvalue weighted by atomic mass is 9.75. The summed E-state index contributed by atoms with van der Waals surface area (Å²) in [6, 6.07) is 15.1. The predicted molar refractivity (Wildman–Crippen MR) is 105 cm³/mol. The van der Waals surface area contributed by atoms with E-state index in [9.17, 15) is 8.78 Å². The van der Waals surface area contributed by atoms with E-state index in [1.54, 1.807) is 6.07 Å². The van der Waals surface area contributed by atoms with Crippen LogP contribution in [0.1, 0.15) is 27.7 Å². The van der Waals surface area contributed by atoms with Crippen LogP contribution in [0.15, 0.2) is 54.6 Å². The summed E-state index contributed by atoms with van der Waals surface area (Å²) in [5.41, 5.74) is 0.421. The van der Waals surface area contributed by atoms with Gasteiger partial charge < -0.3 is 9.31 Å². The van der Waals surface area contributed by atoms with Gasteiger partial charge in [-0.3, -0.25) is 0 Å². The quantitative estimate of drug-likeness (QED) is 0.589. The van der Waals surface area contributed by atoms with Gasteiger partial charge in [0.15, 0.2) is 0 Å². The van der Waals surface area contributed by atoms with Crippen LogP contribution in [0, 0.1) is 11.6 Å². The zero-order valence-electron chi connectivity index (χ0n) is 15.8. The molecule has 1 saturated heterocycles. The Kier molecular flexibility index (Phi) is 4.13. The third kappa shape index (κ3) is 2.86. The summed E-state index contributed by atoms with van der Waals surface area (Å²) in [6.07, 6.45) is 0. The molecule has 0 spiro atoms. The number of hydrogen-bond acceptors (Lipinski definition) is 2. The van der Waals surface area contributed by atoms with Crippen molar-refractivity contribution in [3.8, 4) is 11.1 Å². The number of hydrogen-bond donors (Lipinski definition) is 0. The van der Waals surface area contributed by atoms with Crippen molar-refractivity contribution < 1.29 is 18.1 Å². The highest BCUT2D eigenvalue weighted by Gasteiger charge is 2.52. The first-order valence-corrected chi connectivity index (χ1v) is 9.03. The minimum Gasteiger partial charge on any atom is -0.399 e. The summed E-state index contributed by atoms with van der Waals surface area (Å²) in [7, 11) is -0.542. The van der Waals surface area contributed by atoms with Crippen LogP contribution in [0.5, 0.6) is 0 Å². The van der Waals surface area contributed by atoms with Gasteiger partial charge in [0.25, 0.3) is 0 Å². The molecule has 0 atom stereocenters. The van der Waals surface area contributed by atoms with Crippen molar-refractivity contribution in [2.24, 2.45) is 0 Å². The summed E-state index contributed by atoms with van der Waals surface area (Å²) < 4.78 is 41.1. The Morgan fingerprint density at radius 1 is 0.704 bits per heavy atom. The van der Waals surface area contributed by atoms with Gasteiger partial charge in [-0.15, -0.1) is 0 Å². The molecule has 5 heteroatoms. The molecule has 1 heterocycles. The Morgan fingerprint density at radius 3 is 1.85 bits per heavy atom. The average Bonchev–Trinajstić information content (AvgIpc) is 2.82. The molecule has 3 aromatic rings. The lowest BCUT2D eigenvalue weighted by molar-refractivity contribution is 0.00578. The summed E-state index contributed by atoms with van der Waals surface area (Å²) in [5.74, 6) is -1.16. The van der Waals surface area contributed by atoms with Gasteiger partial charge in [0.2, 0.25) is 0 Å². The minimum atomic E-state index is -0.580. The van der Waals surface area contributed by atoms with E-state index in [2.05, 4.69) is 0 Å². The van der Waals surface area contributed by atoms with Crippen LogP contribution in [-0.4, -0.2) is 18.3 Å². The van der Waals surface area contributed by atoms with E-state index in [1.807, 2.05) is 58.0 Å². The van der Waals surface area contributed by atoms with Crippen LogP contribution >= 0.6 is 0 Å². The van der Waals surface area contributed by atoms with Crippen molar-refractivity contribution in [1.29, 1.82) is 0 Å². The Hall–Kier alpha value is -2.24. The fourth-order valence-electron chi connectivity index (χ4n) is 3.47. The van der Waals surface area contributed by atoms with Crippen molar-refractivity contribution in [2.75, 3.05) is 0 Å². The van der Waals surface area contributed by atoms with Gasteiger partial charge in [0, 0.05) is 0 Å². The summed E-state index contributed by atoms with van der Waals surface area (Å²) in [4.78, 5) is 0. The maximum atomic E-state index is 14.4. The van der Waals surface area contributed by atoms with E-state index in [1.165, 1.54) is 18.2 Å². The molecule has 0 saturated carbocycles. The van der Waals surface area contributed by atoms with Crippen LogP contribution < -0.4 is 5.46 Å². The molecule has 3 aromatic carbocycles. The predicted octanol–water partition coefficient (Wildman–Crippen LogP) is 5.08. The molecule has 138 valence electrons. The second-order valence-corrected chi connectivity index (χ2v) is 7.93. The number of halogens is 2. The minimum absolute atomic E-state index is 0.0193. The van der Waals surface area contributed by atoms with E-state index >= 15 is 0 Å². The summed E-state index contributed by atoms with van der Waals surface area (Å²) in [5, 5.41) is 1.62. The van der Waals surface area contributed by atoms with Gasteiger partial charge in [0.05, 0.1) is 16.8 Å². The van der Waals surface area contributed by atoms with Crippen LogP contribution in [0.2, 0.25) is 0 Å². The molecule has 0 aromatic heterocycles. The molecule has 4 rings (SSSR count). The van der Waals surface area contributed by atoms with E-state index in [-0.39, 0.29) is 5.56 Å². The monoisotopic (exact) mass is 366 g/mol. The third-order valence-corrected chi connectivity index (χ3v) is 5.70. The van der Waals surface area contributed by atoms with Crippen LogP contribution in [-0.2, 0) is 9.31 Å². The summed E-state index contributed by atoms with van der Waals surface area (Å²) >= 11 is 0. The first kappa shape index (κ1) is 18.1. The second-order valence-electron chi connectivity index (χ2n) is 7.93. The SMILES string of the molecule is CC1(C)OB(c2ccc(-c3c(F)cccc3F)c3ccccc23)OC1(C)C. The fourth-order valence-corrected chi connectivity index (χ4v) is 3.47. The first-order valence-electron chi connectivity index (χ1n) is 9.03. The Labute approximate surface area is 158 Å². The fraction of sp³-hybridized carbons (Fsp3) is 0.273. The zero-order chi connectivity index (χ0) is 19.4. The summed E-state index contributed by atoms with van der Waals surface area (Å²) in [6.45, 7) is 7.99. The molecule has 0 amide bonds. The molecule has 1 aliphatic rings. The molecule has 1 aliphatic heterocycles. The maximum absolute atomic E-state index is 14.4. The van der Waals surface area contributed by atoms with Crippen LogP contribution in [0.4, 0.5) is 8.78 Å². The standard InChI is InChI=1S/C22H21BF2O2/c1-21(2)22(3,4)27-23(26-21)17-13-12-16(14-8-5-6-9-15(14)17)20-18(24)10-7-11-19(20)25/h5-13H,1-4H3. The van der Waals surface area contributed by atoms with Crippen molar-refractivity contribution >= 4 is 23.4 Å². The van der Waals surface area contributed by atoms with E-state index in [4.69, 9.17) is 9.31 Å². The first-order chi connectivity index (χ1) is 12.7. The number of benzene rings is 3. The van der Waals surface area contributed by atoms with Crippen molar-refractivity contribution in [3.63, 3.8) is 0 Å². The smallest absolute Gasteiger partial charge is 0.399 e.